The van der Waals surface area contributed by atoms with Crippen LogP contribution in [0.4, 0.5) is 18.0 Å². The van der Waals surface area contributed by atoms with E-state index >= 15 is 0 Å². The Morgan fingerprint density at radius 2 is 2.29 bits per heavy atom. The van der Waals surface area contributed by atoms with Crippen molar-refractivity contribution >= 4 is 17.4 Å². The smallest absolute Gasteiger partial charge is 0.332 e. The molecule has 1 aliphatic heterocycles. The fourth-order valence-corrected chi connectivity index (χ4v) is 3.30. The van der Waals surface area contributed by atoms with E-state index in [9.17, 15) is 18.0 Å². The van der Waals surface area contributed by atoms with Gasteiger partial charge in [-0.25, -0.2) is 9.78 Å². The molecule has 8 heteroatoms. The summed E-state index contributed by atoms with van der Waals surface area (Å²) in [6.07, 6.45) is -4.27. The summed E-state index contributed by atoms with van der Waals surface area (Å²) < 4.78 is 38.9. The minimum absolute atomic E-state index is 0.0549. The minimum Gasteiger partial charge on any atom is -0.332 e. The lowest BCUT2D eigenvalue weighted by Crippen LogP contribution is -2.54. The number of hydrogen-bond acceptors (Lipinski definition) is 3. The molecule has 1 fully saturated rings. The van der Waals surface area contributed by atoms with E-state index in [0.29, 0.717) is 6.54 Å². The van der Waals surface area contributed by atoms with Crippen molar-refractivity contribution in [3.05, 3.63) is 16.6 Å². The lowest BCUT2D eigenvalue weighted by molar-refractivity contribution is -0.214. The number of nitrogens with zero attached hydrogens (tertiary/aromatic N) is 2. The van der Waals surface area contributed by atoms with Crippen LogP contribution >= 0.6 is 11.3 Å². The quantitative estimate of drug-likeness (QED) is 0.909. The third-order valence-corrected chi connectivity index (χ3v) is 4.45. The molecule has 118 valence electrons. The normalized spacial score (nSPS) is 22.1. The van der Waals surface area contributed by atoms with Gasteiger partial charge in [-0.3, -0.25) is 0 Å². The summed E-state index contributed by atoms with van der Waals surface area (Å²) in [4.78, 5) is 17.5. The van der Waals surface area contributed by atoms with Crippen LogP contribution < -0.4 is 5.32 Å². The maximum absolute atomic E-state index is 13.0. The summed E-state index contributed by atoms with van der Waals surface area (Å²) in [6, 6.07) is -0.336. The third-order valence-electron chi connectivity index (χ3n) is 3.82. The van der Waals surface area contributed by atoms with Gasteiger partial charge in [0.1, 0.15) is 0 Å². The molecule has 1 atom stereocenters. The number of carbonyl (C=O) groups is 1. The van der Waals surface area contributed by atoms with Gasteiger partial charge in [-0.2, -0.15) is 13.2 Å². The average Bonchev–Trinajstić information content (AvgIpc) is 2.86. The number of halogens is 3. The summed E-state index contributed by atoms with van der Waals surface area (Å²) in [5.74, 6) is -1.37. The number of alkyl halides is 3. The Hall–Kier alpha value is -1.31. The summed E-state index contributed by atoms with van der Waals surface area (Å²) in [6.45, 7) is 3.63. The number of likely N-dealkylation sites (tertiary alicyclic amines) is 1. The third kappa shape index (κ3) is 3.87. The lowest BCUT2D eigenvalue weighted by Gasteiger charge is -2.44. The first-order valence-corrected chi connectivity index (χ1v) is 7.61. The molecular formula is C13H18F3N3OS. The molecule has 4 nitrogen and oxygen atoms in total. The molecule has 0 spiro atoms. The number of amides is 2. The predicted octanol–water partition coefficient (Wildman–Crippen LogP) is 3.26. The molecule has 1 N–H and O–H groups in total. The highest BCUT2D eigenvalue weighted by Crippen LogP contribution is 2.44. The second kappa shape index (κ2) is 5.82. The van der Waals surface area contributed by atoms with Crippen LogP contribution in [0.3, 0.4) is 0 Å². The maximum Gasteiger partial charge on any atom is 0.392 e. The van der Waals surface area contributed by atoms with Crippen LogP contribution in [0.1, 0.15) is 26.0 Å². The number of piperidine rings is 1. The Balaban J connectivity index is 1.93. The average molecular weight is 321 g/mol. The number of aromatic nitrogens is 1. The minimum atomic E-state index is -4.22. The largest absolute Gasteiger partial charge is 0.392 e. The Morgan fingerprint density at radius 1 is 1.57 bits per heavy atom. The van der Waals surface area contributed by atoms with Gasteiger partial charge in [0.2, 0.25) is 0 Å². The van der Waals surface area contributed by atoms with Gasteiger partial charge in [0, 0.05) is 18.5 Å². The molecule has 1 aromatic heterocycles. The Morgan fingerprint density at radius 3 is 2.81 bits per heavy atom. The van der Waals surface area contributed by atoms with Gasteiger partial charge >= 0.3 is 12.2 Å². The highest BCUT2D eigenvalue weighted by molar-refractivity contribution is 7.07. The van der Waals surface area contributed by atoms with Gasteiger partial charge in [-0.05, 0) is 11.8 Å². The van der Waals surface area contributed by atoms with Gasteiger partial charge in [-0.15, -0.1) is 11.3 Å². The molecule has 1 saturated heterocycles. The molecule has 2 heterocycles. The molecule has 0 aliphatic carbocycles. The van der Waals surface area contributed by atoms with Crippen molar-refractivity contribution in [2.45, 2.75) is 33.0 Å². The first kappa shape index (κ1) is 16.1. The van der Waals surface area contributed by atoms with Crippen molar-refractivity contribution < 1.29 is 18.0 Å². The van der Waals surface area contributed by atoms with Gasteiger partial charge in [0.15, 0.2) is 0 Å². The predicted molar refractivity (Wildman–Crippen MR) is 73.9 cm³/mol. The number of rotatable bonds is 2. The number of hydrogen-bond donors (Lipinski definition) is 1. The van der Waals surface area contributed by atoms with Crippen molar-refractivity contribution in [2.24, 2.45) is 11.3 Å². The fourth-order valence-electron chi connectivity index (χ4n) is 2.74. The van der Waals surface area contributed by atoms with Gasteiger partial charge in [0.05, 0.1) is 23.7 Å². The fraction of sp³-hybridized carbons (Fsp3) is 0.692. The Kier molecular flexibility index (Phi) is 4.46. The molecule has 0 bridgehead atoms. The molecule has 1 aliphatic rings. The van der Waals surface area contributed by atoms with Crippen molar-refractivity contribution in [3.63, 3.8) is 0 Å². The Labute approximate surface area is 125 Å². The van der Waals surface area contributed by atoms with E-state index in [-0.39, 0.29) is 25.5 Å². The topological polar surface area (TPSA) is 45.2 Å². The first-order valence-electron chi connectivity index (χ1n) is 6.67. The zero-order valence-electron chi connectivity index (χ0n) is 11.9. The number of thiazole rings is 1. The van der Waals surface area contributed by atoms with E-state index in [4.69, 9.17) is 0 Å². The van der Waals surface area contributed by atoms with E-state index in [0.717, 1.165) is 5.69 Å². The van der Waals surface area contributed by atoms with Crippen molar-refractivity contribution in [1.29, 1.82) is 0 Å². The van der Waals surface area contributed by atoms with E-state index in [2.05, 4.69) is 10.3 Å². The molecule has 1 aromatic rings. The highest BCUT2D eigenvalue weighted by atomic mass is 32.1. The monoisotopic (exact) mass is 321 g/mol. The van der Waals surface area contributed by atoms with E-state index < -0.39 is 17.5 Å². The standard InChI is InChI=1S/C13H18F3N3OS/c1-12(2)7-19(4-3-10(12)13(14,15)16)11(20)17-5-9-6-21-8-18-9/h6,8,10H,3-5,7H2,1-2H3,(H,17,20)/t10-/m0/s1. The first-order chi connectivity index (χ1) is 9.70. The summed E-state index contributed by atoms with van der Waals surface area (Å²) in [7, 11) is 0. The molecule has 0 saturated carbocycles. The summed E-state index contributed by atoms with van der Waals surface area (Å²) >= 11 is 1.43. The molecule has 21 heavy (non-hydrogen) atoms. The van der Waals surface area contributed by atoms with Crippen molar-refractivity contribution in [2.75, 3.05) is 13.1 Å². The number of carbonyl (C=O) groups excluding carboxylic acids is 1. The maximum atomic E-state index is 13.0. The van der Waals surface area contributed by atoms with Crippen LogP contribution in [0, 0.1) is 11.3 Å². The summed E-state index contributed by atoms with van der Waals surface area (Å²) in [5, 5.41) is 4.52. The van der Waals surface area contributed by atoms with E-state index in [1.807, 2.05) is 5.38 Å². The molecule has 0 unspecified atom stereocenters. The van der Waals surface area contributed by atoms with Crippen LogP contribution in [0.15, 0.2) is 10.9 Å². The summed E-state index contributed by atoms with van der Waals surface area (Å²) in [5.41, 5.74) is 1.44. The zero-order chi connectivity index (χ0) is 15.7. The molecule has 2 amide bonds. The van der Waals surface area contributed by atoms with Crippen LogP contribution in [0.5, 0.6) is 0 Å². The number of nitrogens with one attached hydrogen (secondary N) is 1. The zero-order valence-corrected chi connectivity index (χ0v) is 12.7. The molecule has 2 rings (SSSR count). The van der Waals surface area contributed by atoms with Crippen LogP contribution in [-0.2, 0) is 6.54 Å². The van der Waals surface area contributed by atoms with Crippen molar-refractivity contribution in [1.82, 2.24) is 15.2 Å². The van der Waals surface area contributed by atoms with Crippen molar-refractivity contribution in [3.8, 4) is 0 Å². The second-order valence-corrected chi connectivity index (χ2v) is 6.65. The van der Waals surface area contributed by atoms with Gasteiger partial charge in [0.25, 0.3) is 0 Å². The van der Waals surface area contributed by atoms with Gasteiger partial charge < -0.3 is 10.2 Å². The van der Waals surface area contributed by atoms with E-state index in [1.54, 1.807) is 19.4 Å². The van der Waals surface area contributed by atoms with Crippen LogP contribution in [0.25, 0.3) is 0 Å². The second-order valence-electron chi connectivity index (χ2n) is 5.93. The number of urea groups is 1. The van der Waals surface area contributed by atoms with E-state index in [1.165, 1.54) is 16.2 Å². The van der Waals surface area contributed by atoms with Gasteiger partial charge in [-0.1, -0.05) is 13.8 Å². The lowest BCUT2D eigenvalue weighted by atomic mass is 9.73. The molecule has 0 radical (unpaired) electrons. The Bertz CT molecular complexity index is 487. The molecular weight excluding hydrogens is 303 g/mol. The van der Waals surface area contributed by atoms with Crippen LogP contribution in [0.2, 0.25) is 0 Å². The SMILES string of the molecule is CC1(C)CN(C(=O)NCc2cscn2)CC[C@@H]1C(F)(F)F. The van der Waals surface area contributed by atoms with Crippen LogP contribution in [-0.4, -0.2) is 35.2 Å². The molecule has 0 aromatic carbocycles. The highest BCUT2D eigenvalue weighted by Gasteiger charge is 2.51.